The minimum atomic E-state index is -3.83. The zero-order chi connectivity index (χ0) is 23.3. The number of carbonyl (C=O) groups excluding carboxylic acids is 2. The van der Waals surface area contributed by atoms with Gasteiger partial charge in [-0.1, -0.05) is 0 Å². The molecule has 0 saturated carbocycles. The molecule has 0 bridgehead atoms. The molecular formula is C20H27N3O8S. The van der Waals surface area contributed by atoms with Crippen molar-refractivity contribution < 1.29 is 37.3 Å². The number of aliphatic hydroxyl groups excluding tert-OH is 1. The van der Waals surface area contributed by atoms with Gasteiger partial charge in [0.2, 0.25) is 10.0 Å². The molecule has 1 aromatic carbocycles. The van der Waals surface area contributed by atoms with E-state index in [9.17, 15) is 23.1 Å². The summed E-state index contributed by atoms with van der Waals surface area (Å²) >= 11 is 0. The number of fused-ring (bicyclic) bond motifs is 3. The number of amides is 2. The highest BCUT2D eigenvalue weighted by molar-refractivity contribution is 7.89. The summed E-state index contributed by atoms with van der Waals surface area (Å²) in [7, 11) is -3.83. The molecule has 2 fully saturated rings. The zero-order valence-electron chi connectivity index (χ0n) is 18.2. The minimum Gasteiger partial charge on any atom is -0.489 e. The second-order valence-electron chi connectivity index (χ2n) is 8.85. The molecule has 11 nitrogen and oxygen atoms in total. The Morgan fingerprint density at radius 2 is 1.91 bits per heavy atom. The molecule has 3 aliphatic rings. The summed E-state index contributed by atoms with van der Waals surface area (Å²) in [4.78, 5) is 27.3. The lowest BCUT2D eigenvalue weighted by Gasteiger charge is -2.35. The molecule has 2 atom stereocenters. The van der Waals surface area contributed by atoms with Crippen LogP contribution in [-0.4, -0.2) is 92.1 Å². The van der Waals surface area contributed by atoms with E-state index in [0.29, 0.717) is 5.69 Å². The number of nitrogens with zero attached hydrogens (tertiary/aromatic N) is 3. The number of aliphatic hydroxyl groups is 1. The Morgan fingerprint density at radius 1 is 1.22 bits per heavy atom. The van der Waals surface area contributed by atoms with Crippen LogP contribution in [0.3, 0.4) is 0 Å². The number of cyclic esters (lactones) is 1. The summed E-state index contributed by atoms with van der Waals surface area (Å²) in [5.41, 5.74) is -0.225. The van der Waals surface area contributed by atoms with E-state index in [1.54, 1.807) is 20.8 Å². The standard InChI is InChI=1S/C20H27N3O8S/c1-20(2,3)31-18(25)21-6-8-22(9-7-21)32(27,28)13-4-5-14-16(10-13)29-12-15-17(11-24)30-19(26)23(14)15/h4-5,10,15,17,24H,6-9,11-12H2,1-3H3/t15-,17-/m0/s1. The van der Waals surface area contributed by atoms with Gasteiger partial charge in [-0.25, -0.2) is 18.0 Å². The van der Waals surface area contributed by atoms with Gasteiger partial charge in [0.05, 0.1) is 17.2 Å². The number of ether oxygens (including phenoxy) is 3. The lowest BCUT2D eigenvalue weighted by atomic mass is 10.1. The second kappa shape index (κ2) is 8.09. The molecule has 1 N–H and O–H groups in total. The normalized spacial score (nSPS) is 23.8. The van der Waals surface area contributed by atoms with E-state index in [-0.39, 0.29) is 50.0 Å². The number of piperazine rings is 1. The van der Waals surface area contributed by atoms with Crippen LogP contribution in [0.5, 0.6) is 5.75 Å². The van der Waals surface area contributed by atoms with Crippen molar-refractivity contribution in [2.75, 3.05) is 44.3 Å². The van der Waals surface area contributed by atoms with Crippen molar-refractivity contribution >= 4 is 27.9 Å². The Bertz CT molecular complexity index is 1010. The molecule has 2 saturated heterocycles. The number of hydrogen-bond donors (Lipinski definition) is 1. The maximum atomic E-state index is 13.2. The summed E-state index contributed by atoms with van der Waals surface area (Å²) in [6, 6.07) is 3.84. The Hall–Kier alpha value is -2.57. The van der Waals surface area contributed by atoms with Crippen molar-refractivity contribution in [2.45, 2.75) is 43.4 Å². The molecule has 1 aromatic rings. The lowest BCUT2D eigenvalue weighted by molar-refractivity contribution is 0.0192. The Labute approximate surface area is 186 Å². The number of carbonyl (C=O) groups is 2. The van der Waals surface area contributed by atoms with Gasteiger partial charge in [0.25, 0.3) is 0 Å². The fourth-order valence-electron chi connectivity index (χ4n) is 3.92. The quantitative estimate of drug-likeness (QED) is 0.695. The van der Waals surface area contributed by atoms with E-state index >= 15 is 0 Å². The molecular weight excluding hydrogens is 442 g/mol. The molecule has 3 aliphatic heterocycles. The molecule has 32 heavy (non-hydrogen) atoms. The van der Waals surface area contributed by atoms with Crippen molar-refractivity contribution in [2.24, 2.45) is 0 Å². The van der Waals surface area contributed by atoms with Gasteiger partial charge in [-0.3, -0.25) is 4.90 Å². The Kier molecular flexibility index (Phi) is 5.72. The van der Waals surface area contributed by atoms with Crippen LogP contribution >= 0.6 is 0 Å². The third-order valence-electron chi connectivity index (χ3n) is 5.52. The van der Waals surface area contributed by atoms with Crippen LogP contribution in [0.4, 0.5) is 15.3 Å². The van der Waals surface area contributed by atoms with Gasteiger partial charge in [0.1, 0.15) is 24.0 Å². The Balaban J connectivity index is 1.48. The van der Waals surface area contributed by atoms with Crippen LogP contribution in [0.15, 0.2) is 23.1 Å². The van der Waals surface area contributed by atoms with Crippen molar-refractivity contribution in [1.82, 2.24) is 9.21 Å². The van der Waals surface area contributed by atoms with E-state index in [4.69, 9.17) is 14.2 Å². The predicted octanol–water partition coefficient (Wildman–Crippen LogP) is 1.01. The van der Waals surface area contributed by atoms with E-state index in [0.717, 1.165) is 0 Å². The van der Waals surface area contributed by atoms with Gasteiger partial charge in [0, 0.05) is 32.2 Å². The van der Waals surface area contributed by atoms with Gasteiger partial charge < -0.3 is 24.2 Å². The van der Waals surface area contributed by atoms with Gasteiger partial charge in [-0.05, 0) is 32.9 Å². The summed E-state index contributed by atoms with van der Waals surface area (Å²) in [5.74, 6) is 0.255. The first-order chi connectivity index (χ1) is 15.0. The van der Waals surface area contributed by atoms with Gasteiger partial charge in [-0.2, -0.15) is 4.31 Å². The van der Waals surface area contributed by atoms with Crippen molar-refractivity contribution in [3.8, 4) is 5.75 Å². The SMILES string of the molecule is CC(C)(C)OC(=O)N1CCN(S(=O)(=O)c2ccc3c(c2)OC[C@H]2[C@H](CO)OC(=O)N32)CC1. The first-order valence-corrected chi connectivity index (χ1v) is 11.8. The fourth-order valence-corrected chi connectivity index (χ4v) is 5.35. The third-order valence-corrected chi connectivity index (χ3v) is 7.41. The van der Waals surface area contributed by atoms with E-state index < -0.39 is 40.0 Å². The topological polar surface area (TPSA) is 126 Å². The van der Waals surface area contributed by atoms with E-state index in [1.165, 1.54) is 32.3 Å². The average molecular weight is 470 g/mol. The zero-order valence-corrected chi connectivity index (χ0v) is 19.0. The predicted molar refractivity (Wildman–Crippen MR) is 112 cm³/mol. The Morgan fingerprint density at radius 3 is 2.53 bits per heavy atom. The number of anilines is 1. The molecule has 2 amide bonds. The maximum Gasteiger partial charge on any atom is 0.415 e. The molecule has 0 unspecified atom stereocenters. The highest BCUT2D eigenvalue weighted by Gasteiger charge is 2.46. The van der Waals surface area contributed by atoms with Crippen LogP contribution in [0.2, 0.25) is 0 Å². The van der Waals surface area contributed by atoms with Crippen molar-refractivity contribution in [3.05, 3.63) is 18.2 Å². The summed E-state index contributed by atoms with van der Waals surface area (Å²) in [6.45, 7) is 5.80. The lowest BCUT2D eigenvalue weighted by Crippen LogP contribution is -2.51. The first kappa shape index (κ1) is 22.6. The molecule has 12 heteroatoms. The summed E-state index contributed by atoms with van der Waals surface area (Å²) in [6.07, 6.45) is -1.77. The average Bonchev–Trinajstić information content (AvgIpc) is 3.08. The molecule has 0 aromatic heterocycles. The third kappa shape index (κ3) is 4.09. The van der Waals surface area contributed by atoms with Gasteiger partial charge in [-0.15, -0.1) is 0 Å². The molecule has 4 rings (SSSR count). The van der Waals surface area contributed by atoms with Gasteiger partial charge >= 0.3 is 12.2 Å². The fraction of sp³-hybridized carbons (Fsp3) is 0.600. The minimum absolute atomic E-state index is 0.0340. The molecule has 0 radical (unpaired) electrons. The van der Waals surface area contributed by atoms with Crippen LogP contribution in [0.1, 0.15) is 20.8 Å². The number of rotatable bonds is 3. The van der Waals surface area contributed by atoms with Crippen LogP contribution in [0, 0.1) is 0 Å². The number of sulfonamides is 1. The maximum absolute atomic E-state index is 13.2. The van der Waals surface area contributed by atoms with Gasteiger partial charge in [0.15, 0.2) is 6.10 Å². The second-order valence-corrected chi connectivity index (χ2v) is 10.8. The molecule has 176 valence electrons. The largest absolute Gasteiger partial charge is 0.489 e. The highest BCUT2D eigenvalue weighted by atomic mass is 32.2. The number of benzene rings is 1. The smallest absolute Gasteiger partial charge is 0.415 e. The van der Waals surface area contributed by atoms with Crippen molar-refractivity contribution in [1.29, 1.82) is 0 Å². The van der Waals surface area contributed by atoms with Crippen LogP contribution < -0.4 is 9.64 Å². The van der Waals surface area contributed by atoms with Crippen LogP contribution in [0.25, 0.3) is 0 Å². The molecule has 0 aliphatic carbocycles. The van der Waals surface area contributed by atoms with E-state index in [2.05, 4.69) is 0 Å². The summed E-state index contributed by atoms with van der Waals surface area (Å²) in [5, 5.41) is 9.40. The molecule has 0 spiro atoms. The molecule has 3 heterocycles. The first-order valence-electron chi connectivity index (χ1n) is 10.4. The van der Waals surface area contributed by atoms with E-state index in [1.807, 2.05) is 0 Å². The van der Waals surface area contributed by atoms with Crippen molar-refractivity contribution in [3.63, 3.8) is 0 Å². The summed E-state index contributed by atoms with van der Waals surface area (Å²) < 4.78 is 43.8. The van der Waals surface area contributed by atoms with Crippen LogP contribution in [-0.2, 0) is 19.5 Å². The number of hydrogen-bond acceptors (Lipinski definition) is 8. The highest BCUT2D eigenvalue weighted by Crippen LogP contribution is 2.40. The monoisotopic (exact) mass is 469 g/mol.